The second-order valence-corrected chi connectivity index (χ2v) is 6.97. The summed E-state index contributed by atoms with van der Waals surface area (Å²) in [4.78, 5) is 49.7. The van der Waals surface area contributed by atoms with Gasteiger partial charge in [0.05, 0.1) is 17.2 Å². The van der Waals surface area contributed by atoms with Crippen LogP contribution in [0.5, 0.6) is 0 Å². The first kappa shape index (κ1) is 17.6. The van der Waals surface area contributed by atoms with Gasteiger partial charge < -0.3 is 10.6 Å². The highest BCUT2D eigenvalue weighted by Gasteiger charge is 2.44. The van der Waals surface area contributed by atoms with Gasteiger partial charge in [-0.15, -0.1) is 0 Å². The van der Waals surface area contributed by atoms with Crippen LogP contribution < -0.4 is 16.0 Å². The Hall–Kier alpha value is -2.81. The lowest BCUT2D eigenvalue weighted by Crippen LogP contribution is -2.54. The quantitative estimate of drug-likeness (QED) is 0.653. The summed E-state index contributed by atoms with van der Waals surface area (Å²) in [7, 11) is 0. The summed E-state index contributed by atoms with van der Waals surface area (Å²) in [6, 6.07) is 3.30. The number of amides is 4. The number of nitrogens with one attached hydrogen (secondary N) is 3. The molecular formula is C18H19FN4O4. The third-order valence-electron chi connectivity index (χ3n) is 5.20. The van der Waals surface area contributed by atoms with Crippen LogP contribution in [0.25, 0.3) is 0 Å². The number of halogens is 1. The van der Waals surface area contributed by atoms with E-state index in [-0.39, 0.29) is 36.6 Å². The molecule has 1 aromatic carbocycles. The Morgan fingerprint density at radius 1 is 1.07 bits per heavy atom. The fraction of sp³-hybridized carbons (Fsp3) is 0.444. The smallest absolute Gasteiger partial charge is 0.262 e. The molecule has 0 aliphatic carbocycles. The number of nitrogens with zero attached hydrogens (tertiary/aromatic N) is 1. The zero-order valence-electron chi connectivity index (χ0n) is 14.5. The summed E-state index contributed by atoms with van der Waals surface area (Å²) in [5, 5.41) is 8.22. The van der Waals surface area contributed by atoms with E-state index < -0.39 is 35.8 Å². The van der Waals surface area contributed by atoms with Crippen LogP contribution in [0.3, 0.4) is 0 Å². The average molecular weight is 374 g/mol. The van der Waals surface area contributed by atoms with Crippen LogP contribution in [-0.4, -0.2) is 59.9 Å². The van der Waals surface area contributed by atoms with Gasteiger partial charge in [0, 0.05) is 18.7 Å². The summed E-state index contributed by atoms with van der Waals surface area (Å²) in [6.45, 7) is 0.965. The third-order valence-corrected chi connectivity index (χ3v) is 5.20. The summed E-state index contributed by atoms with van der Waals surface area (Å²) < 4.78 is 14.0. The van der Waals surface area contributed by atoms with E-state index in [2.05, 4.69) is 16.0 Å². The highest BCUT2D eigenvalue weighted by molar-refractivity contribution is 6.23. The molecule has 3 aliphatic heterocycles. The Balaban J connectivity index is 1.56. The first-order valence-electron chi connectivity index (χ1n) is 8.92. The molecule has 9 heteroatoms. The van der Waals surface area contributed by atoms with E-state index >= 15 is 0 Å². The van der Waals surface area contributed by atoms with Crippen molar-refractivity contribution in [2.45, 2.75) is 37.5 Å². The van der Waals surface area contributed by atoms with Gasteiger partial charge in [-0.2, -0.15) is 0 Å². The van der Waals surface area contributed by atoms with E-state index in [0.717, 1.165) is 4.90 Å². The Morgan fingerprint density at radius 3 is 2.59 bits per heavy atom. The van der Waals surface area contributed by atoms with Crippen molar-refractivity contribution in [2.75, 3.05) is 18.4 Å². The molecule has 1 aromatic rings. The molecule has 27 heavy (non-hydrogen) atoms. The van der Waals surface area contributed by atoms with Gasteiger partial charge in [-0.3, -0.25) is 29.4 Å². The fourth-order valence-corrected chi connectivity index (χ4v) is 3.76. The molecule has 142 valence electrons. The summed E-state index contributed by atoms with van der Waals surface area (Å²) >= 11 is 0. The van der Waals surface area contributed by atoms with Crippen LogP contribution in [-0.2, 0) is 9.59 Å². The Bertz CT molecular complexity index is 843. The van der Waals surface area contributed by atoms with Gasteiger partial charge in [0.1, 0.15) is 12.2 Å². The lowest BCUT2D eigenvalue weighted by atomic mass is 10.0. The minimum Gasteiger partial charge on any atom is -0.379 e. The van der Waals surface area contributed by atoms with Crippen molar-refractivity contribution in [1.29, 1.82) is 0 Å². The molecule has 8 nitrogen and oxygen atoms in total. The van der Waals surface area contributed by atoms with Crippen LogP contribution in [0.2, 0.25) is 0 Å². The fourth-order valence-electron chi connectivity index (χ4n) is 3.76. The first-order chi connectivity index (χ1) is 13.0. The van der Waals surface area contributed by atoms with Gasteiger partial charge in [-0.1, -0.05) is 0 Å². The van der Waals surface area contributed by atoms with Crippen molar-refractivity contribution in [2.24, 2.45) is 0 Å². The highest BCUT2D eigenvalue weighted by atomic mass is 19.1. The van der Waals surface area contributed by atoms with E-state index in [0.29, 0.717) is 18.7 Å². The molecule has 2 fully saturated rings. The van der Waals surface area contributed by atoms with E-state index in [1.54, 1.807) is 6.07 Å². The molecule has 3 unspecified atom stereocenters. The summed E-state index contributed by atoms with van der Waals surface area (Å²) in [5.41, 5.74) is 0.936. The van der Waals surface area contributed by atoms with Crippen molar-refractivity contribution in [3.63, 3.8) is 0 Å². The number of benzene rings is 1. The number of carbonyl (C=O) groups excluding carboxylic acids is 4. The molecule has 0 saturated carbocycles. The molecule has 0 aromatic heterocycles. The van der Waals surface area contributed by atoms with E-state index in [1.165, 1.54) is 12.1 Å². The molecule has 3 atom stereocenters. The van der Waals surface area contributed by atoms with Crippen LogP contribution in [0, 0.1) is 0 Å². The van der Waals surface area contributed by atoms with Gasteiger partial charge in [0.25, 0.3) is 11.8 Å². The summed E-state index contributed by atoms with van der Waals surface area (Å²) in [6.07, 6.45) is -0.262. The number of hydrogen-bond acceptors (Lipinski definition) is 6. The summed E-state index contributed by atoms with van der Waals surface area (Å²) in [5.74, 6) is -2.19. The third kappa shape index (κ3) is 3.08. The van der Waals surface area contributed by atoms with Crippen molar-refractivity contribution in [3.05, 3.63) is 29.3 Å². The highest BCUT2D eigenvalue weighted by Crippen LogP contribution is 2.30. The Labute approximate surface area is 154 Å². The monoisotopic (exact) mass is 374 g/mol. The standard InChI is InChI=1S/C18H19FN4O4/c19-12-8-20-6-5-13(12)21-9-1-2-10-11(7-9)18(27)23(17(10)26)14-3-4-15(24)22-16(14)25/h1-2,7,12-14,20-21H,3-6,8H2,(H,22,24,25). The van der Waals surface area contributed by atoms with Crippen molar-refractivity contribution in [3.8, 4) is 0 Å². The molecule has 3 aliphatic rings. The SMILES string of the molecule is O=C1CCC(N2C(=O)c3ccc(NC4CCNCC4F)cc3C2=O)C(=O)N1. The maximum atomic E-state index is 14.0. The minimum absolute atomic E-state index is 0.0736. The topological polar surface area (TPSA) is 108 Å². The lowest BCUT2D eigenvalue weighted by molar-refractivity contribution is -0.136. The molecule has 0 spiro atoms. The molecule has 0 bridgehead atoms. The number of fused-ring (bicyclic) bond motifs is 1. The van der Waals surface area contributed by atoms with Crippen molar-refractivity contribution in [1.82, 2.24) is 15.5 Å². The van der Waals surface area contributed by atoms with Gasteiger partial charge in [0.2, 0.25) is 11.8 Å². The normalized spacial score (nSPS) is 28.2. The number of carbonyl (C=O) groups is 4. The molecule has 0 radical (unpaired) electrons. The van der Waals surface area contributed by atoms with E-state index in [1.807, 2.05) is 0 Å². The number of piperidine rings is 2. The molecule has 4 rings (SSSR count). The van der Waals surface area contributed by atoms with Crippen LogP contribution in [0.15, 0.2) is 18.2 Å². The Morgan fingerprint density at radius 2 is 1.85 bits per heavy atom. The number of anilines is 1. The Kier molecular flexibility index (Phi) is 4.39. The minimum atomic E-state index is -1.05. The number of rotatable bonds is 3. The largest absolute Gasteiger partial charge is 0.379 e. The zero-order chi connectivity index (χ0) is 19.1. The van der Waals surface area contributed by atoms with Crippen molar-refractivity contribution >= 4 is 29.3 Å². The molecule has 2 saturated heterocycles. The van der Waals surface area contributed by atoms with Gasteiger partial charge >= 0.3 is 0 Å². The van der Waals surface area contributed by atoms with Crippen LogP contribution in [0.4, 0.5) is 10.1 Å². The lowest BCUT2D eigenvalue weighted by Gasteiger charge is -2.28. The maximum Gasteiger partial charge on any atom is 0.262 e. The van der Waals surface area contributed by atoms with Gasteiger partial charge in [-0.05, 0) is 37.6 Å². The predicted octanol–water partition coefficient (Wildman–Crippen LogP) is 0.200. The van der Waals surface area contributed by atoms with Crippen molar-refractivity contribution < 1.29 is 23.6 Å². The number of hydrogen-bond donors (Lipinski definition) is 3. The van der Waals surface area contributed by atoms with Gasteiger partial charge in [0.15, 0.2) is 0 Å². The van der Waals surface area contributed by atoms with E-state index in [9.17, 15) is 23.6 Å². The van der Waals surface area contributed by atoms with E-state index in [4.69, 9.17) is 0 Å². The predicted molar refractivity (Wildman–Crippen MR) is 92.9 cm³/mol. The maximum absolute atomic E-state index is 14.0. The molecule has 4 amide bonds. The average Bonchev–Trinajstić information content (AvgIpc) is 2.88. The first-order valence-corrected chi connectivity index (χ1v) is 8.92. The second-order valence-electron chi connectivity index (χ2n) is 6.97. The zero-order valence-corrected chi connectivity index (χ0v) is 14.5. The molecule has 3 heterocycles. The number of imide groups is 2. The molecular weight excluding hydrogens is 355 g/mol. The van der Waals surface area contributed by atoms with Crippen LogP contribution >= 0.6 is 0 Å². The molecule has 3 N–H and O–H groups in total. The van der Waals surface area contributed by atoms with Crippen LogP contribution in [0.1, 0.15) is 40.0 Å². The second kappa shape index (κ2) is 6.73. The number of alkyl halides is 1. The van der Waals surface area contributed by atoms with Gasteiger partial charge in [-0.25, -0.2) is 4.39 Å².